The van der Waals surface area contributed by atoms with Crippen LogP contribution in [-0.2, 0) is 4.79 Å². The first-order valence-electron chi connectivity index (χ1n) is 5.41. The van der Waals surface area contributed by atoms with E-state index >= 15 is 0 Å². The zero-order valence-electron chi connectivity index (χ0n) is 10.6. The number of hydrogen-bond donors (Lipinski definition) is 0. The highest BCUT2D eigenvalue weighted by Crippen LogP contribution is 2.38. The van der Waals surface area contributed by atoms with Crippen molar-refractivity contribution in [1.82, 2.24) is 0 Å². The molecular weight excluding hydrogens is 236 g/mol. The second-order valence-corrected chi connectivity index (χ2v) is 4.60. The molecule has 1 unspecified atom stereocenters. The molecule has 0 heterocycles. The van der Waals surface area contributed by atoms with Gasteiger partial charge in [-0.25, -0.2) is 0 Å². The first kappa shape index (κ1) is 13.9. The Labute approximate surface area is 106 Å². The number of carbonyl (C=O) groups is 1. The highest BCUT2D eigenvalue weighted by Gasteiger charge is 2.15. The molecule has 1 rings (SSSR count). The number of benzene rings is 1. The van der Waals surface area contributed by atoms with Gasteiger partial charge in [0.15, 0.2) is 11.5 Å². The summed E-state index contributed by atoms with van der Waals surface area (Å²) in [5.41, 5.74) is 1.13. The summed E-state index contributed by atoms with van der Waals surface area (Å²) in [5.74, 6) is 1.62. The molecule has 0 saturated heterocycles. The van der Waals surface area contributed by atoms with Gasteiger partial charge in [-0.15, -0.1) is 11.8 Å². The van der Waals surface area contributed by atoms with Gasteiger partial charge in [0.2, 0.25) is 0 Å². The number of hydrogen-bond acceptors (Lipinski definition) is 4. The summed E-state index contributed by atoms with van der Waals surface area (Å²) in [6, 6.07) is 3.92. The summed E-state index contributed by atoms with van der Waals surface area (Å²) in [6.07, 6.45) is 3.48. The van der Waals surface area contributed by atoms with E-state index in [0.717, 1.165) is 22.5 Å². The van der Waals surface area contributed by atoms with Crippen LogP contribution in [0.5, 0.6) is 11.5 Å². The van der Waals surface area contributed by atoms with Crippen molar-refractivity contribution < 1.29 is 14.3 Å². The molecule has 4 heteroatoms. The fourth-order valence-corrected chi connectivity index (χ4v) is 2.43. The van der Waals surface area contributed by atoms with Crippen molar-refractivity contribution >= 4 is 18.0 Å². The molecule has 0 aliphatic carbocycles. The third-order valence-electron chi connectivity index (χ3n) is 2.72. The molecule has 0 bridgehead atoms. The van der Waals surface area contributed by atoms with E-state index in [1.807, 2.05) is 25.3 Å². The van der Waals surface area contributed by atoms with Crippen LogP contribution < -0.4 is 9.47 Å². The van der Waals surface area contributed by atoms with Gasteiger partial charge in [0.05, 0.1) is 14.2 Å². The molecule has 0 N–H and O–H groups in total. The topological polar surface area (TPSA) is 35.5 Å². The third kappa shape index (κ3) is 3.16. The average Bonchev–Trinajstić information content (AvgIpc) is 2.37. The minimum atomic E-state index is 0.190. The maximum absolute atomic E-state index is 10.6. The quantitative estimate of drug-likeness (QED) is 0.577. The van der Waals surface area contributed by atoms with Gasteiger partial charge in [-0.3, -0.25) is 0 Å². The molecule has 0 radical (unpaired) electrons. The van der Waals surface area contributed by atoms with E-state index in [1.165, 1.54) is 0 Å². The molecule has 0 spiro atoms. The van der Waals surface area contributed by atoms with Crippen molar-refractivity contribution in [2.75, 3.05) is 20.5 Å². The molecule has 1 aromatic rings. The van der Waals surface area contributed by atoms with Crippen LogP contribution in [0.1, 0.15) is 24.8 Å². The average molecular weight is 254 g/mol. The SMILES string of the molecule is COc1cc(SC)c(C(C)CC=O)cc1OC. The molecule has 1 atom stereocenters. The monoisotopic (exact) mass is 254 g/mol. The van der Waals surface area contributed by atoms with Crippen LogP contribution in [0.2, 0.25) is 0 Å². The van der Waals surface area contributed by atoms with Crippen LogP contribution in [0.15, 0.2) is 17.0 Å². The normalized spacial score (nSPS) is 12.0. The Bertz CT molecular complexity index is 390. The van der Waals surface area contributed by atoms with Crippen LogP contribution in [0, 0.1) is 0 Å². The van der Waals surface area contributed by atoms with Gasteiger partial charge in [-0.05, 0) is 29.9 Å². The molecule has 0 amide bonds. The van der Waals surface area contributed by atoms with Crippen LogP contribution in [-0.4, -0.2) is 26.8 Å². The van der Waals surface area contributed by atoms with E-state index in [-0.39, 0.29) is 5.92 Å². The molecule has 0 fully saturated rings. The Morgan fingerprint density at radius 2 is 1.88 bits per heavy atom. The maximum atomic E-state index is 10.6. The predicted molar refractivity (Wildman–Crippen MR) is 70.4 cm³/mol. The standard InChI is InChI=1S/C13H18O3S/c1-9(5-6-14)10-7-11(15-2)12(16-3)8-13(10)17-4/h6-9H,5H2,1-4H3. The highest BCUT2D eigenvalue weighted by atomic mass is 32.2. The van der Waals surface area contributed by atoms with Crippen molar-refractivity contribution in [1.29, 1.82) is 0 Å². The fourth-order valence-electron chi connectivity index (χ4n) is 1.71. The highest BCUT2D eigenvalue weighted by molar-refractivity contribution is 7.98. The maximum Gasteiger partial charge on any atom is 0.161 e. The second-order valence-electron chi connectivity index (χ2n) is 3.75. The van der Waals surface area contributed by atoms with Crippen molar-refractivity contribution in [2.24, 2.45) is 0 Å². The third-order valence-corrected chi connectivity index (χ3v) is 3.51. The summed E-state index contributed by atoms with van der Waals surface area (Å²) < 4.78 is 10.5. The predicted octanol–water partition coefficient (Wildman–Crippen LogP) is 3.12. The van der Waals surface area contributed by atoms with Gasteiger partial charge in [0.1, 0.15) is 6.29 Å². The minimum Gasteiger partial charge on any atom is -0.493 e. The van der Waals surface area contributed by atoms with E-state index < -0.39 is 0 Å². The van der Waals surface area contributed by atoms with Crippen molar-refractivity contribution in [3.63, 3.8) is 0 Å². The number of aldehydes is 1. The lowest BCUT2D eigenvalue weighted by atomic mass is 9.98. The molecule has 0 saturated carbocycles. The Kier molecular flexibility index (Phi) is 5.35. The van der Waals surface area contributed by atoms with E-state index in [0.29, 0.717) is 12.2 Å². The van der Waals surface area contributed by atoms with E-state index in [4.69, 9.17) is 9.47 Å². The van der Waals surface area contributed by atoms with Crippen molar-refractivity contribution in [3.05, 3.63) is 17.7 Å². The van der Waals surface area contributed by atoms with Gasteiger partial charge in [-0.2, -0.15) is 0 Å². The first-order chi connectivity index (χ1) is 8.17. The van der Waals surface area contributed by atoms with Crippen LogP contribution in [0.25, 0.3) is 0 Å². The summed E-state index contributed by atoms with van der Waals surface area (Å²) in [5, 5.41) is 0. The summed E-state index contributed by atoms with van der Waals surface area (Å²) in [7, 11) is 3.24. The molecule has 3 nitrogen and oxygen atoms in total. The molecule has 0 aliphatic heterocycles. The van der Waals surface area contributed by atoms with Gasteiger partial charge < -0.3 is 14.3 Å². The van der Waals surface area contributed by atoms with Gasteiger partial charge in [0.25, 0.3) is 0 Å². The van der Waals surface area contributed by atoms with E-state index in [2.05, 4.69) is 0 Å². The lowest BCUT2D eigenvalue weighted by Gasteiger charge is -2.17. The first-order valence-corrected chi connectivity index (χ1v) is 6.63. The van der Waals surface area contributed by atoms with Crippen LogP contribution in [0.3, 0.4) is 0 Å². The van der Waals surface area contributed by atoms with Gasteiger partial charge >= 0.3 is 0 Å². The van der Waals surface area contributed by atoms with Crippen molar-refractivity contribution in [3.8, 4) is 11.5 Å². The van der Waals surface area contributed by atoms with Gasteiger partial charge in [-0.1, -0.05) is 6.92 Å². The molecular formula is C13H18O3S. The summed E-state index contributed by atoms with van der Waals surface area (Å²) >= 11 is 1.65. The van der Waals surface area contributed by atoms with Gasteiger partial charge in [0, 0.05) is 11.3 Å². The zero-order valence-corrected chi connectivity index (χ0v) is 11.5. The molecule has 0 aliphatic rings. The van der Waals surface area contributed by atoms with E-state index in [1.54, 1.807) is 26.0 Å². The number of thioether (sulfide) groups is 1. The summed E-state index contributed by atoms with van der Waals surface area (Å²) in [6.45, 7) is 2.04. The zero-order chi connectivity index (χ0) is 12.8. The minimum absolute atomic E-state index is 0.190. The molecule has 0 aromatic heterocycles. The Morgan fingerprint density at radius 1 is 1.29 bits per heavy atom. The van der Waals surface area contributed by atoms with Crippen molar-refractivity contribution in [2.45, 2.75) is 24.2 Å². The Balaban J connectivity index is 3.22. The van der Waals surface area contributed by atoms with Crippen LogP contribution in [0.4, 0.5) is 0 Å². The summed E-state index contributed by atoms with van der Waals surface area (Å²) in [4.78, 5) is 11.7. The Morgan fingerprint density at radius 3 is 2.35 bits per heavy atom. The fraction of sp³-hybridized carbons (Fsp3) is 0.462. The number of rotatable bonds is 6. The second kappa shape index (κ2) is 6.55. The Hall–Kier alpha value is -1.16. The largest absolute Gasteiger partial charge is 0.493 e. The molecule has 17 heavy (non-hydrogen) atoms. The lowest BCUT2D eigenvalue weighted by Crippen LogP contribution is -2.00. The van der Waals surface area contributed by atoms with Crippen LogP contribution >= 0.6 is 11.8 Å². The lowest BCUT2D eigenvalue weighted by molar-refractivity contribution is -0.108. The smallest absolute Gasteiger partial charge is 0.161 e. The molecule has 94 valence electrons. The molecule has 1 aromatic carbocycles. The number of ether oxygens (including phenoxy) is 2. The van der Waals surface area contributed by atoms with E-state index in [9.17, 15) is 4.79 Å². The number of methoxy groups -OCH3 is 2. The number of carbonyl (C=O) groups excluding carboxylic acids is 1.